The molecule has 0 radical (unpaired) electrons. The van der Waals surface area contributed by atoms with E-state index in [4.69, 9.17) is 0 Å². The van der Waals surface area contributed by atoms with Crippen molar-refractivity contribution in [3.63, 3.8) is 0 Å². The van der Waals surface area contributed by atoms with Crippen LogP contribution in [0.1, 0.15) is 39.0 Å². The van der Waals surface area contributed by atoms with E-state index in [0.29, 0.717) is 12.6 Å². The number of hydrogen-bond acceptors (Lipinski definition) is 4. The molecule has 1 saturated heterocycles. The van der Waals surface area contributed by atoms with Crippen LogP contribution in [0.4, 0.5) is 0 Å². The summed E-state index contributed by atoms with van der Waals surface area (Å²) in [4.78, 5) is 6.98. The fourth-order valence-electron chi connectivity index (χ4n) is 3.34. The second-order valence-electron chi connectivity index (χ2n) is 6.45. The lowest BCUT2D eigenvalue weighted by molar-refractivity contribution is 0.242. The molecule has 1 heterocycles. The highest BCUT2D eigenvalue weighted by atomic mass is 127. The van der Waals surface area contributed by atoms with Crippen molar-refractivity contribution in [2.45, 2.75) is 51.1 Å². The first-order chi connectivity index (χ1) is 10.5. The SMILES string of the molecule is CCNC(=NCCS(C)(=O)=O)NC1CCN(C2CCCC2)C1.I. The van der Waals surface area contributed by atoms with Crippen LogP contribution >= 0.6 is 24.0 Å². The molecule has 2 fully saturated rings. The van der Waals surface area contributed by atoms with E-state index >= 15 is 0 Å². The first-order valence-corrected chi connectivity index (χ1v) is 10.5. The molecule has 23 heavy (non-hydrogen) atoms. The van der Waals surface area contributed by atoms with Crippen LogP contribution in [-0.2, 0) is 9.84 Å². The maximum Gasteiger partial charge on any atom is 0.191 e. The Morgan fingerprint density at radius 1 is 1.26 bits per heavy atom. The minimum Gasteiger partial charge on any atom is -0.357 e. The highest BCUT2D eigenvalue weighted by molar-refractivity contribution is 14.0. The smallest absolute Gasteiger partial charge is 0.191 e. The van der Waals surface area contributed by atoms with Crippen molar-refractivity contribution in [2.75, 3.05) is 38.2 Å². The topological polar surface area (TPSA) is 73.8 Å². The van der Waals surface area contributed by atoms with Crippen LogP contribution in [0.2, 0.25) is 0 Å². The number of likely N-dealkylation sites (tertiary alicyclic amines) is 1. The van der Waals surface area contributed by atoms with Crippen molar-refractivity contribution in [3.8, 4) is 0 Å². The van der Waals surface area contributed by atoms with E-state index in [9.17, 15) is 8.42 Å². The van der Waals surface area contributed by atoms with Gasteiger partial charge in [-0.1, -0.05) is 12.8 Å². The van der Waals surface area contributed by atoms with Crippen molar-refractivity contribution in [2.24, 2.45) is 4.99 Å². The lowest BCUT2D eigenvalue weighted by Gasteiger charge is -2.24. The van der Waals surface area contributed by atoms with E-state index in [2.05, 4.69) is 20.5 Å². The third-order valence-electron chi connectivity index (χ3n) is 4.48. The standard InChI is InChI=1S/C15H30N4O2S.HI/c1-3-16-15(17-9-11-22(2,20)21)18-13-8-10-19(12-13)14-6-4-5-7-14;/h13-14H,3-12H2,1-2H3,(H2,16,17,18);1H. The maximum absolute atomic E-state index is 11.2. The summed E-state index contributed by atoms with van der Waals surface area (Å²) in [6.45, 7) is 5.34. The van der Waals surface area contributed by atoms with Gasteiger partial charge in [-0.3, -0.25) is 9.89 Å². The van der Waals surface area contributed by atoms with E-state index in [1.54, 1.807) is 0 Å². The largest absolute Gasteiger partial charge is 0.357 e. The van der Waals surface area contributed by atoms with Gasteiger partial charge in [-0.15, -0.1) is 24.0 Å². The van der Waals surface area contributed by atoms with Crippen molar-refractivity contribution in [3.05, 3.63) is 0 Å². The fourth-order valence-corrected chi connectivity index (χ4v) is 3.77. The molecule has 1 aliphatic heterocycles. The Morgan fingerprint density at radius 3 is 2.57 bits per heavy atom. The van der Waals surface area contributed by atoms with Gasteiger partial charge < -0.3 is 10.6 Å². The van der Waals surface area contributed by atoms with Gasteiger partial charge in [-0.2, -0.15) is 0 Å². The molecule has 6 nitrogen and oxygen atoms in total. The minimum absolute atomic E-state index is 0. The summed E-state index contributed by atoms with van der Waals surface area (Å²) in [7, 11) is -2.95. The molecule has 2 aliphatic rings. The van der Waals surface area contributed by atoms with Crippen LogP contribution in [0, 0.1) is 0 Å². The zero-order valence-corrected chi connectivity index (χ0v) is 17.4. The molecule has 2 rings (SSSR count). The lowest BCUT2D eigenvalue weighted by atomic mass is 10.2. The third-order valence-corrected chi connectivity index (χ3v) is 5.40. The Balaban J connectivity index is 0.00000264. The first kappa shape index (κ1) is 21.0. The molecule has 1 unspecified atom stereocenters. The molecule has 1 aliphatic carbocycles. The van der Waals surface area contributed by atoms with Crippen molar-refractivity contribution >= 4 is 39.8 Å². The van der Waals surface area contributed by atoms with Crippen LogP contribution < -0.4 is 10.6 Å². The van der Waals surface area contributed by atoms with E-state index < -0.39 is 9.84 Å². The van der Waals surface area contributed by atoms with Crippen molar-refractivity contribution in [1.29, 1.82) is 0 Å². The summed E-state index contributed by atoms with van der Waals surface area (Å²) < 4.78 is 22.4. The highest BCUT2D eigenvalue weighted by Crippen LogP contribution is 2.26. The van der Waals surface area contributed by atoms with E-state index in [0.717, 1.165) is 38.1 Å². The van der Waals surface area contributed by atoms with Gasteiger partial charge >= 0.3 is 0 Å². The van der Waals surface area contributed by atoms with Crippen LogP contribution in [0.15, 0.2) is 4.99 Å². The van der Waals surface area contributed by atoms with E-state index in [1.165, 1.54) is 31.9 Å². The first-order valence-electron chi connectivity index (χ1n) is 8.44. The number of halogens is 1. The highest BCUT2D eigenvalue weighted by Gasteiger charge is 2.30. The monoisotopic (exact) mass is 458 g/mol. The van der Waals surface area contributed by atoms with E-state index in [1.807, 2.05) is 6.92 Å². The third kappa shape index (κ3) is 7.55. The number of hydrogen-bond donors (Lipinski definition) is 2. The molecule has 136 valence electrons. The summed E-state index contributed by atoms with van der Waals surface area (Å²) in [5.41, 5.74) is 0. The van der Waals surface area contributed by atoms with Gasteiger partial charge in [0.05, 0.1) is 12.3 Å². The number of nitrogens with zero attached hydrogens (tertiary/aromatic N) is 2. The molecule has 0 bridgehead atoms. The molecular weight excluding hydrogens is 427 g/mol. The zero-order chi connectivity index (χ0) is 16.0. The molecular formula is C15H31IN4O2S. The van der Waals surface area contributed by atoms with Crippen LogP contribution in [0.3, 0.4) is 0 Å². The maximum atomic E-state index is 11.2. The predicted octanol–water partition coefficient (Wildman–Crippen LogP) is 1.22. The molecule has 8 heteroatoms. The van der Waals surface area contributed by atoms with Crippen molar-refractivity contribution < 1.29 is 8.42 Å². The van der Waals surface area contributed by atoms with Crippen molar-refractivity contribution in [1.82, 2.24) is 15.5 Å². The van der Waals surface area contributed by atoms with Gasteiger partial charge in [0.15, 0.2) is 5.96 Å². The zero-order valence-electron chi connectivity index (χ0n) is 14.3. The molecule has 1 saturated carbocycles. The fraction of sp³-hybridized carbons (Fsp3) is 0.933. The van der Waals surface area contributed by atoms with Gasteiger partial charge in [0, 0.05) is 38.0 Å². The Hall–Kier alpha value is -0.0900. The van der Waals surface area contributed by atoms with Gasteiger partial charge in [0.1, 0.15) is 9.84 Å². The Kier molecular flexibility index (Phi) is 9.13. The average Bonchev–Trinajstić information content (AvgIpc) is 3.07. The van der Waals surface area contributed by atoms with Crippen LogP contribution in [0.25, 0.3) is 0 Å². The van der Waals surface area contributed by atoms with Gasteiger partial charge in [-0.05, 0) is 26.2 Å². The van der Waals surface area contributed by atoms with Crippen LogP contribution in [0.5, 0.6) is 0 Å². The molecule has 0 spiro atoms. The minimum atomic E-state index is -2.95. The molecule has 1 atom stereocenters. The summed E-state index contributed by atoms with van der Waals surface area (Å²) in [6.07, 6.45) is 7.81. The molecule has 2 N–H and O–H groups in total. The predicted molar refractivity (Wildman–Crippen MR) is 106 cm³/mol. The van der Waals surface area contributed by atoms with Gasteiger partial charge in [-0.25, -0.2) is 8.42 Å². The second kappa shape index (κ2) is 10.0. The summed E-state index contributed by atoms with van der Waals surface area (Å²) in [5.74, 6) is 0.840. The average molecular weight is 458 g/mol. The summed E-state index contributed by atoms with van der Waals surface area (Å²) in [6, 6.07) is 1.19. The normalized spacial score (nSPS) is 23.7. The molecule has 0 aromatic heterocycles. The van der Waals surface area contributed by atoms with Crippen LogP contribution in [-0.4, -0.2) is 69.5 Å². The molecule has 0 aromatic carbocycles. The number of aliphatic imine (C=N–C) groups is 1. The van der Waals surface area contributed by atoms with Gasteiger partial charge in [0.25, 0.3) is 0 Å². The number of nitrogens with one attached hydrogen (secondary N) is 2. The Labute approximate surface area is 157 Å². The second-order valence-corrected chi connectivity index (χ2v) is 8.71. The number of sulfone groups is 1. The summed E-state index contributed by atoms with van der Waals surface area (Å²) in [5, 5.41) is 6.66. The Bertz CT molecular complexity index is 478. The van der Waals surface area contributed by atoms with Gasteiger partial charge in [0.2, 0.25) is 0 Å². The lowest BCUT2D eigenvalue weighted by Crippen LogP contribution is -2.45. The Morgan fingerprint density at radius 2 is 1.96 bits per heavy atom. The van der Waals surface area contributed by atoms with E-state index in [-0.39, 0.29) is 29.7 Å². The summed E-state index contributed by atoms with van der Waals surface area (Å²) >= 11 is 0. The number of guanidine groups is 1. The number of rotatable bonds is 6. The molecule has 0 aromatic rings. The quantitative estimate of drug-likeness (QED) is 0.356. The molecule has 0 amide bonds.